The smallest absolute Gasteiger partial charge is 0.235 e. The average Bonchev–Trinajstić information content (AvgIpc) is 3.09. The van der Waals surface area contributed by atoms with Gasteiger partial charge in [0, 0.05) is 16.0 Å². The zero-order valence-corrected chi connectivity index (χ0v) is 14.7. The van der Waals surface area contributed by atoms with Crippen molar-refractivity contribution in [2.45, 2.75) is 6.18 Å². The van der Waals surface area contributed by atoms with Crippen LogP contribution in [0.5, 0.6) is 0 Å². The molecule has 0 aliphatic carbocycles. The maximum atomic E-state index is 13.1. The normalized spacial score (nSPS) is 12.0. The van der Waals surface area contributed by atoms with Crippen molar-refractivity contribution in [3.05, 3.63) is 75.1 Å². The maximum Gasteiger partial charge on any atom is 0.416 e. The van der Waals surface area contributed by atoms with E-state index in [1.165, 1.54) is 35.6 Å². The molecule has 1 heterocycles. The molecule has 0 aliphatic rings. The van der Waals surface area contributed by atoms with Crippen LogP contribution in [0.15, 0.2) is 53.9 Å². The third-order valence-corrected chi connectivity index (χ3v) is 4.69. The molecule has 0 unspecified atom stereocenters. The quantitative estimate of drug-likeness (QED) is 0.475. The number of nitrogens with zero attached hydrogens (tertiary/aromatic N) is 2. The summed E-state index contributed by atoms with van der Waals surface area (Å²) >= 11 is 7.05. The van der Waals surface area contributed by atoms with Crippen LogP contribution in [-0.2, 0) is 6.18 Å². The number of rotatable bonds is 3. The highest BCUT2D eigenvalue weighted by Crippen LogP contribution is 2.34. The van der Waals surface area contributed by atoms with E-state index in [4.69, 9.17) is 11.6 Å². The van der Waals surface area contributed by atoms with Gasteiger partial charge in [-0.15, -0.1) is 11.3 Å². The van der Waals surface area contributed by atoms with Crippen LogP contribution in [0.2, 0.25) is 5.02 Å². The number of hydrogen-bond acceptors (Lipinski definition) is 3. The van der Waals surface area contributed by atoms with E-state index >= 15 is 0 Å². The summed E-state index contributed by atoms with van der Waals surface area (Å²) in [6.07, 6.45) is -3.28. The van der Waals surface area contributed by atoms with Crippen LogP contribution in [0.1, 0.15) is 16.1 Å². The van der Waals surface area contributed by atoms with Gasteiger partial charge in [0.05, 0.1) is 16.8 Å². The number of aromatic nitrogens is 1. The van der Waals surface area contributed by atoms with E-state index in [1.54, 1.807) is 29.6 Å². The average molecular weight is 391 g/mol. The van der Waals surface area contributed by atoms with Gasteiger partial charge >= 0.3 is 6.18 Å². The summed E-state index contributed by atoms with van der Waals surface area (Å²) in [6.45, 7) is 0. The minimum absolute atomic E-state index is 0.0696. The Bertz CT molecular complexity index is 999. The third-order valence-electron chi connectivity index (χ3n) is 3.56. The summed E-state index contributed by atoms with van der Waals surface area (Å²) < 4.78 is 39.4. The van der Waals surface area contributed by atoms with Crippen LogP contribution in [-0.4, -0.2) is 4.98 Å². The van der Waals surface area contributed by atoms with E-state index < -0.39 is 11.7 Å². The van der Waals surface area contributed by atoms with E-state index in [0.717, 1.165) is 11.6 Å². The lowest BCUT2D eigenvalue weighted by Crippen LogP contribution is -2.07. The topological polar surface area (TPSA) is 36.7 Å². The molecule has 3 aromatic rings. The van der Waals surface area contributed by atoms with Gasteiger partial charge in [0.15, 0.2) is 0 Å². The van der Waals surface area contributed by atoms with Crippen molar-refractivity contribution in [1.29, 1.82) is 5.26 Å². The lowest BCUT2D eigenvalue weighted by molar-refractivity contribution is -0.137. The molecule has 130 valence electrons. The molecule has 3 rings (SSSR count). The molecule has 0 N–H and O–H groups in total. The predicted molar refractivity (Wildman–Crippen MR) is 97.5 cm³/mol. The minimum atomic E-state index is -4.50. The molecule has 0 spiro atoms. The largest absolute Gasteiger partial charge is 0.416 e. The van der Waals surface area contributed by atoms with Gasteiger partial charge in [-0.05, 0) is 29.8 Å². The molecule has 2 nitrogen and oxygen atoms in total. The van der Waals surface area contributed by atoms with Gasteiger partial charge in [-0.1, -0.05) is 41.9 Å². The summed E-state index contributed by atoms with van der Waals surface area (Å²) in [5, 5.41) is 12.1. The lowest BCUT2D eigenvalue weighted by atomic mass is 10.0. The van der Waals surface area contributed by atoms with E-state index in [0.29, 0.717) is 15.7 Å². The zero-order valence-electron chi connectivity index (χ0n) is 13.1. The van der Waals surface area contributed by atoms with E-state index in [1.807, 2.05) is 6.07 Å². The number of benzene rings is 2. The Morgan fingerprint density at radius 1 is 1.12 bits per heavy atom. The fourth-order valence-corrected chi connectivity index (χ4v) is 3.25. The molecule has 0 saturated heterocycles. The highest BCUT2D eigenvalue weighted by atomic mass is 35.5. The number of alkyl halides is 3. The predicted octanol–water partition coefficient (Wildman–Crippen LogP) is 6.55. The summed E-state index contributed by atoms with van der Waals surface area (Å²) in [7, 11) is 0. The van der Waals surface area contributed by atoms with Crippen LogP contribution < -0.4 is 0 Å². The Morgan fingerprint density at radius 2 is 1.81 bits per heavy atom. The molecule has 0 saturated carbocycles. The van der Waals surface area contributed by atoms with Gasteiger partial charge < -0.3 is 0 Å². The van der Waals surface area contributed by atoms with Gasteiger partial charge in [0.1, 0.15) is 11.1 Å². The third kappa shape index (κ3) is 3.96. The second-order valence-electron chi connectivity index (χ2n) is 5.30. The molecule has 0 atom stereocenters. The lowest BCUT2D eigenvalue weighted by Gasteiger charge is -2.09. The molecule has 0 aliphatic heterocycles. The molecule has 7 heteroatoms. The number of nitriles is 1. The molecule has 2 aromatic carbocycles. The summed E-state index contributed by atoms with van der Waals surface area (Å²) in [5.41, 5.74) is 0.658. The number of thiazole rings is 1. The highest BCUT2D eigenvalue weighted by Gasteiger charge is 2.32. The Hall–Kier alpha value is -2.62. The molecule has 0 amide bonds. The minimum Gasteiger partial charge on any atom is -0.235 e. The van der Waals surface area contributed by atoms with Crippen LogP contribution in [0, 0.1) is 11.3 Å². The molecule has 0 bridgehead atoms. The zero-order chi connectivity index (χ0) is 18.7. The van der Waals surface area contributed by atoms with Crippen molar-refractivity contribution in [3.8, 4) is 17.3 Å². The summed E-state index contributed by atoms with van der Waals surface area (Å²) in [4.78, 5) is 4.37. The van der Waals surface area contributed by atoms with Crippen LogP contribution in [0.3, 0.4) is 0 Å². The number of allylic oxidation sites excluding steroid dienone is 1. The van der Waals surface area contributed by atoms with Gasteiger partial charge in [0.2, 0.25) is 0 Å². The summed E-state index contributed by atoms with van der Waals surface area (Å²) in [5.74, 6) is 0. The first kappa shape index (κ1) is 18.2. The molecule has 1 aromatic heterocycles. The van der Waals surface area contributed by atoms with Crippen LogP contribution >= 0.6 is 22.9 Å². The standard InChI is InChI=1S/C19H10ClF3N2S/c20-15-7-5-12(6-8-15)17-11-26-18(25-17)14(10-24)9-13-3-1-2-4-16(13)19(21,22)23/h1-9,11H/b14-9-. The van der Waals surface area contributed by atoms with Gasteiger partial charge in [-0.3, -0.25) is 0 Å². The molecule has 0 fully saturated rings. The highest BCUT2D eigenvalue weighted by molar-refractivity contribution is 7.11. The van der Waals surface area contributed by atoms with Gasteiger partial charge in [-0.2, -0.15) is 18.4 Å². The van der Waals surface area contributed by atoms with Gasteiger partial charge in [0.25, 0.3) is 0 Å². The Morgan fingerprint density at radius 3 is 2.46 bits per heavy atom. The Kier molecular flexibility index (Phi) is 5.12. The first-order chi connectivity index (χ1) is 12.4. The van der Waals surface area contributed by atoms with Crippen molar-refractivity contribution < 1.29 is 13.2 Å². The van der Waals surface area contributed by atoms with Crippen molar-refractivity contribution >= 4 is 34.6 Å². The van der Waals surface area contributed by atoms with Crippen molar-refractivity contribution in [2.75, 3.05) is 0 Å². The summed E-state index contributed by atoms with van der Waals surface area (Å²) in [6, 6.07) is 14.1. The fraction of sp³-hybridized carbons (Fsp3) is 0.0526. The first-order valence-electron chi connectivity index (χ1n) is 7.38. The van der Waals surface area contributed by atoms with Crippen LogP contribution in [0.4, 0.5) is 13.2 Å². The molecular weight excluding hydrogens is 381 g/mol. The number of hydrogen-bond donors (Lipinski definition) is 0. The van der Waals surface area contributed by atoms with E-state index in [-0.39, 0.29) is 11.1 Å². The second kappa shape index (κ2) is 7.32. The van der Waals surface area contributed by atoms with Crippen molar-refractivity contribution in [1.82, 2.24) is 4.98 Å². The van der Waals surface area contributed by atoms with Crippen molar-refractivity contribution in [3.63, 3.8) is 0 Å². The van der Waals surface area contributed by atoms with E-state index in [2.05, 4.69) is 4.98 Å². The van der Waals surface area contributed by atoms with E-state index in [9.17, 15) is 18.4 Å². The fourth-order valence-electron chi connectivity index (χ4n) is 2.33. The van der Waals surface area contributed by atoms with Crippen molar-refractivity contribution in [2.24, 2.45) is 0 Å². The second-order valence-corrected chi connectivity index (χ2v) is 6.59. The first-order valence-corrected chi connectivity index (χ1v) is 8.64. The maximum absolute atomic E-state index is 13.1. The van der Waals surface area contributed by atoms with Crippen LogP contribution in [0.25, 0.3) is 22.9 Å². The Balaban J connectivity index is 2.00. The Labute approximate surface area is 156 Å². The molecule has 0 radical (unpaired) electrons. The number of halogens is 4. The monoisotopic (exact) mass is 390 g/mol. The molecule has 26 heavy (non-hydrogen) atoms. The SMILES string of the molecule is N#C/C(=C/c1ccccc1C(F)(F)F)c1nc(-c2ccc(Cl)cc2)cs1. The van der Waals surface area contributed by atoms with Gasteiger partial charge in [-0.25, -0.2) is 4.98 Å². The molecular formula is C19H10ClF3N2S.